The van der Waals surface area contributed by atoms with E-state index in [2.05, 4.69) is 5.10 Å². The number of nitrogens with zero attached hydrogens (tertiary/aromatic N) is 2. The predicted molar refractivity (Wildman–Crippen MR) is 122 cm³/mol. The van der Waals surface area contributed by atoms with E-state index >= 15 is 0 Å². The Morgan fingerprint density at radius 3 is 2.56 bits per heavy atom. The van der Waals surface area contributed by atoms with Gasteiger partial charge in [-0.3, -0.25) is 10.2 Å². The zero-order valence-corrected chi connectivity index (χ0v) is 19.0. The molecule has 1 amide bonds. The first-order valence-corrected chi connectivity index (χ1v) is 11.0. The first kappa shape index (κ1) is 23.9. The lowest BCUT2D eigenvalue weighted by Crippen LogP contribution is -2.49. The van der Waals surface area contributed by atoms with Crippen LogP contribution in [0.3, 0.4) is 0 Å². The van der Waals surface area contributed by atoms with Crippen LogP contribution in [0.5, 0.6) is 0 Å². The quantitative estimate of drug-likeness (QED) is 0.450. The normalized spacial score (nSPS) is 20.0. The van der Waals surface area contributed by atoms with Gasteiger partial charge in [-0.25, -0.2) is 13.8 Å². The topological polar surface area (TPSA) is 91.8 Å². The van der Waals surface area contributed by atoms with Crippen LogP contribution < -0.4 is 5.73 Å². The van der Waals surface area contributed by atoms with Gasteiger partial charge < -0.3 is 10.5 Å². The number of hydrazone groups is 1. The van der Waals surface area contributed by atoms with Crippen molar-refractivity contribution in [1.82, 2.24) is 5.01 Å². The number of carbonyl (C=O) groups is 1. The summed E-state index contributed by atoms with van der Waals surface area (Å²) in [4.78, 5) is 12.3. The van der Waals surface area contributed by atoms with E-state index in [1.165, 1.54) is 23.9 Å². The predicted octanol–water partition coefficient (Wildman–Crippen LogP) is 4.44. The number of ether oxygens (including phenoxy) is 1. The van der Waals surface area contributed by atoms with Gasteiger partial charge in [0.2, 0.25) is 0 Å². The number of methoxy groups -OCH3 is 1. The summed E-state index contributed by atoms with van der Waals surface area (Å²) < 4.78 is 33.9. The summed E-state index contributed by atoms with van der Waals surface area (Å²) in [5.74, 6) is -1.86. The maximum atomic E-state index is 14.7. The lowest BCUT2D eigenvalue weighted by atomic mass is 9.88. The highest BCUT2D eigenvalue weighted by molar-refractivity contribution is 8.15. The zero-order valence-electron chi connectivity index (χ0n) is 18.1. The minimum absolute atomic E-state index is 0.0190. The molecule has 0 aromatic heterocycles. The summed E-state index contributed by atoms with van der Waals surface area (Å²) in [6.45, 7) is 3.54. The Hall–Kier alpha value is -2.78. The molecule has 32 heavy (non-hydrogen) atoms. The number of halogens is 2. The first-order chi connectivity index (χ1) is 15.2. The smallest absolute Gasteiger partial charge is 0.273 e. The fourth-order valence-corrected chi connectivity index (χ4v) is 5.13. The summed E-state index contributed by atoms with van der Waals surface area (Å²) in [6, 6.07) is 12.4. The standard InChI is InChI=1S/C23H26F2N4O2S/c1-14(9-12-20(26)27)23(16-7-5-4-6-8-16)29(22(30)15(2)31-3)28-21(32-23)18-13-17(24)10-11-19(18)25/h4-8,10-11,13-15H,9,12H2,1-3H3,(H3,26,27). The molecule has 1 aliphatic rings. The van der Waals surface area contributed by atoms with Gasteiger partial charge >= 0.3 is 0 Å². The van der Waals surface area contributed by atoms with Crippen LogP contribution in [0.25, 0.3) is 0 Å². The summed E-state index contributed by atoms with van der Waals surface area (Å²) in [5, 5.41) is 13.7. The Kier molecular flexibility index (Phi) is 7.30. The van der Waals surface area contributed by atoms with Crippen molar-refractivity contribution in [1.29, 1.82) is 5.41 Å². The van der Waals surface area contributed by atoms with Crippen LogP contribution in [0.15, 0.2) is 53.6 Å². The highest BCUT2D eigenvalue weighted by Gasteiger charge is 2.53. The van der Waals surface area contributed by atoms with E-state index in [0.29, 0.717) is 12.8 Å². The summed E-state index contributed by atoms with van der Waals surface area (Å²) in [6.07, 6.45) is -0.00214. The minimum atomic E-state index is -1.06. The van der Waals surface area contributed by atoms with Crippen molar-refractivity contribution >= 4 is 28.5 Å². The molecular weight excluding hydrogens is 434 g/mol. The molecule has 2 aromatic carbocycles. The minimum Gasteiger partial charge on any atom is -0.388 e. The molecule has 2 aromatic rings. The van der Waals surface area contributed by atoms with Crippen molar-refractivity contribution in [3.05, 3.63) is 71.3 Å². The lowest BCUT2D eigenvalue weighted by molar-refractivity contribution is -0.146. The van der Waals surface area contributed by atoms with Gasteiger partial charge in [-0.1, -0.05) is 49.0 Å². The van der Waals surface area contributed by atoms with Crippen molar-refractivity contribution in [3.63, 3.8) is 0 Å². The van der Waals surface area contributed by atoms with Crippen LogP contribution >= 0.6 is 11.8 Å². The number of thioether (sulfide) groups is 1. The summed E-state index contributed by atoms with van der Waals surface area (Å²) >= 11 is 1.19. The number of hydrogen-bond donors (Lipinski definition) is 2. The maximum Gasteiger partial charge on any atom is 0.273 e. The van der Waals surface area contributed by atoms with Crippen molar-refractivity contribution < 1.29 is 18.3 Å². The van der Waals surface area contributed by atoms with Gasteiger partial charge in [0.15, 0.2) is 0 Å². The van der Waals surface area contributed by atoms with E-state index < -0.39 is 28.5 Å². The van der Waals surface area contributed by atoms with Gasteiger partial charge in [0.05, 0.1) is 5.84 Å². The molecule has 170 valence electrons. The molecule has 3 N–H and O–H groups in total. The van der Waals surface area contributed by atoms with Crippen molar-refractivity contribution in [2.45, 2.75) is 37.7 Å². The highest BCUT2D eigenvalue weighted by Crippen LogP contribution is 2.53. The Morgan fingerprint density at radius 1 is 1.25 bits per heavy atom. The van der Waals surface area contributed by atoms with Crippen LogP contribution in [-0.2, 0) is 14.4 Å². The van der Waals surface area contributed by atoms with Crippen molar-refractivity contribution in [3.8, 4) is 0 Å². The second kappa shape index (κ2) is 9.79. The van der Waals surface area contributed by atoms with Gasteiger partial charge in [-0.15, -0.1) is 0 Å². The van der Waals surface area contributed by atoms with Crippen molar-refractivity contribution in [2.24, 2.45) is 16.8 Å². The number of hydrogen-bond acceptors (Lipinski definition) is 5. The Bertz CT molecular complexity index is 1030. The van der Waals surface area contributed by atoms with Gasteiger partial charge in [0.1, 0.15) is 27.7 Å². The third-order valence-corrected chi connectivity index (χ3v) is 7.15. The van der Waals surface area contributed by atoms with E-state index in [1.807, 2.05) is 37.3 Å². The Morgan fingerprint density at radius 2 is 1.94 bits per heavy atom. The lowest BCUT2D eigenvalue weighted by Gasteiger charge is -2.41. The summed E-state index contributed by atoms with van der Waals surface area (Å²) in [7, 11) is 1.42. The molecule has 0 saturated carbocycles. The second-order valence-corrected chi connectivity index (χ2v) is 8.90. The average molecular weight is 461 g/mol. The molecular formula is C23H26F2N4O2S. The third kappa shape index (κ3) is 4.54. The maximum absolute atomic E-state index is 14.7. The molecule has 0 aliphatic carbocycles. The molecule has 3 unspecified atom stereocenters. The molecule has 0 radical (unpaired) electrons. The molecule has 0 spiro atoms. The molecule has 1 aliphatic heterocycles. The van der Waals surface area contributed by atoms with Crippen LogP contribution in [0.2, 0.25) is 0 Å². The Balaban J connectivity index is 2.19. The second-order valence-electron chi connectivity index (χ2n) is 7.69. The fraction of sp³-hybridized carbons (Fsp3) is 0.348. The highest BCUT2D eigenvalue weighted by atomic mass is 32.2. The van der Waals surface area contributed by atoms with Crippen LogP contribution in [0.1, 0.15) is 37.8 Å². The van der Waals surface area contributed by atoms with Crippen molar-refractivity contribution in [2.75, 3.05) is 7.11 Å². The van der Waals surface area contributed by atoms with E-state index in [0.717, 1.165) is 23.8 Å². The third-order valence-electron chi connectivity index (χ3n) is 5.53. The molecule has 0 bridgehead atoms. The molecule has 1 heterocycles. The number of benzene rings is 2. The number of nitrogens with two attached hydrogens (primary N) is 1. The average Bonchev–Trinajstić information content (AvgIpc) is 3.20. The summed E-state index contributed by atoms with van der Waals surface area (Å²) in [5.41, 5.74) is 6.35. The molecule has 9 heteroatoms. The van der Waals surface area contributed by atoms with E-state index in [9.17, 15) is 13.6 Å². The zero-order chi connectivity index (χ0) is 23.5. The van der Waals surface area contributed by atoms with Crippen LogP contribution in [-0.4, -0.2) is 35.0 Å². The SMILES string of the molecule is COC(C)C(=O)N1N=C(c2cc(F)ccc2F)SC1(c1ccccc1)C(C)CCC(=N)N. The fourth-order valence-electron chi connectivity index (χ4n) is 3.65. The molecule has 3 rings (SSSR count). The Labute approximate surface area is 190 Å². The molecule has 0 fully saturated rings. The van der Waals surface area contributed by atoms with Crippen LogP contribution in [0.4, 0.5) is 8.78 Å². The number of amides is 1. The number of rotatable bonds is 8. The number of carbonyl (C=O) groups excluding carboxylic acids is 1. The number of nitrogens with one attached hydrogen (secondary N) is 1. The number of amidine groups is 1. The van der Waals surface area contributed by atoms with Crippen LogP contribution in [0, 0.1) is 23.0 Å². The largest absolute Gasteiger partial charge is 0.388 e. The molecule has 3 atom stereocenters. The van der Waals surface area contributed by atoms with E-state index in [-0.39, 0.29) is 22.4 Å². The molecule has 0 saturated heterocycles. The van der Waals surface area contributed by atoms with E-state index in [4.69, 9.17) is 15.9 Å². The monoisotopic (exact) mass is 460 g/mol. The first-order valence-electron chi connectivity index (χ1n) is 10.2. The van der Waals surface area contributed by atoms with Gasteiger partial charge in [-0.05, 0) is 43.0 Å². The molecule has 6 nitrogen and oxygen atoms in total. The van der Waals surface area contributed by atoms with Gasteiger partial charge in [0, 0.05) is 19.1 Å². The van der Waals surface area contributed by atoms with Gasteiger partial charge in [0.25, 0.3) is 5.91 Å². The van der Waals surface area contributed by atoms with E-state index in [1.54, 1.807) is 6.92 Å². The van der Waals surface area contributed by atoms with Gasteiger partial charge in [-0.2, -0.15) is 5.10 Å².